The smallest absolute Gasteiger partial charge is 0.255 e. The van der Waals surface area contributed by atoms with E-state index in [0.717, 1.165) is 16.7 Å². The number of allylic oxidation sites excluding steroid dienone is 3. The minimum absolute atomic E-state index is 0.0221. The first-order valence-electron chi connectivity index (χ1n) is 12.9. The van der Waals surface area contributed by atoms with Crippen LogP contribution in [0.4, 0.5) is 0 Å². The summed E-state index contributed by atoms with van der Waals surface area (Å²) in [4.78, 5) is 50.5. The van der Waals surface area contributed by atoms with Crippen LogP contribution in [-0.2, 0) is 27.2 Å². The predicted molar refractivity (Wildman–Crippen MR) is 140 cm³/mol. The summed E-state index contributed by atoms with van der Waals surface area (Å²) in [5, 5.41) is 41.6. The van der Waals surface area contributed by atoms with Gasteiger partial charge in [-0.15, -0.1) is 0 Å². The van der Waals surface area contributed by atoms with Crippen molar-refractivity contribution in [3.8, 4) is 16.9 Å². The van der Waals surface area contributed by atoms with Crippen molar-refractivity contribution in [3.63, 3.8) is 0 Å². The number of benzene rings is 2. The van der Waals surface area contributed by atoms with Gasteiger partial charge in [-0.3, -0.25) is 19.2 Å². The topological polar surface area (TPSA) is 175 Å². The SMILES string of the molecule is CC(O)CC(=O)Cc1ccc(-c2ccc(O)c3c2CC2CC4CC(O)=C(C(N)=O)C(=O)C4C(O)=C2C3=O)cc1. The largest absolute Gasteiger partial charge is 0.511 e. The van der Waals surface area contributed by atoms with Crippen molar-refractivity contribution in [1.29, 1.82) is 0 Å². The molecule has 0 heterocycles. The predicted octanol–water partition coefficient (Wildman–Crippen LogP) is 3.02. The second-order valence-electron chi connectivity index (χ2n) is 10.7. The zero-order valence-electron chi connectivity index (χ0n) is 21.3. The molecule has 39 heavy (non-hydrogen) atoms. The molecule has 4 atom stereocenters. The van der Waals surface area contributed by atoms with Crippen LogP contribution in [0, 0.1) is 17.8 Å². The number of hydrogen-bond acceptors (Lipinski definition) is 8. The summed E-state index contributed by atoms with van der Waals surface area (Å²) in [5.41, 5.74) is 7.71. The number of nitrogens with two attached hydrogens (primary N) is 1. The maximum Gasteiger partial charge on any atom is 0.255 e. The van der Waals surface area contributed by atoms with Gasteiger partial charge in [0.1, 0.15) is 28.6 Å². The number of rotatable bonds is 6. The summed E-state index contributed by atoms with van der Waals surface area (Å²) in [7, 11) is 0. The van der Waals surface area contributed by atoms with Crippen LogP contribution < -0.4 is 5.73 Å². The molecule has 0 radical (unpaired) electrons. The highest BCUT2D eigenvalue weighted by Gasteiger charge is 2.50. The summed E-state index contributed by atoms with van der Waals surface area (Å²) in [6.45, 7) is 1.56. The van der Waals surface area contributed by atoms with Gasteiger partial charge in [0.05, 0.1) is 17.6 Å². The van der Waals surface area contributed by atoms with Gasteiger partial charge in [-0.05, 0) is 59.9 Å². The van der Waals surface area contributed by atoms with Gasteiger partial charge in [0.25, 0.3) is 5.91 Å². The first-order valence-corrected chi connectivity index (χ1v) is 12.9. The Kier molecular flexibility index (Phi) is 6.64. The number of ketones is 3. The van der Waals surface area contributed by atoms with E-state index in [1.54, 1.807) is 25.1 Å². The number of primary amides is 1. The lowest BCUT2D eigenvalue weighted by atomic mass is 9.62. The van der Waals surface area contributed by atoms with Crippen molar-refractivity contribution in [2.75, 3.05) is 0 Å². The third kappa shape index (κ3) is 4.52. The molecule has 0 aliphatic heterocycles. The third-order valence-electron chi connectivity index (χ3n) is 7.96. The van der Waals surface area contributed by atoms with Crippen LogP contribution in [-0.4, -0.2) is 49.8 Å². The fourth-order valence-corrected chi connectivity index (χ4v) is 6.34. The number of Topliss-reactive ketones (excluding diaryl/α,β-unsaturated/α-hetero) is 3. The van der Waals surface area contributed by atoms with E-state index in [0.29, 0.717) is 18.4 Å². The van der Waals surface area contributed by atoms with Crippen LogP contribution in [0.2, 0.25) is 0 Å². The summed E-state index contributed by atoms with van der Waals surface area (Å²) in [6, 6.07) is 10.4. The molecule has 0 saturated carbocycles. The molecule has 0 aromatic heterocycles. The molecule has 1 amide bonds. The molecule has 0 fully saturated rings. The van der Waals surface area contributed by atoms with E-state index in [1.165, 1.54) is 6.07 Å². The second kappa shape index (κ2) is 9.81. The van der Waals surface area contributed by atoms with Crippen LogP contribution in [0.25, 0.3) is 11.1 Å². The van der Waals surface area contributed by atoms with Crippen LogP contribution in [0.3, 0.4) is 0 Å². The Labute approximate surface area is 224 Å². The van der Waals surface area contributed by atoms with Crippen molar-refractivity contribution in [2.45, 2.75) is 45.1 Å². The summed E-state index contributed by atoms with van der Waals surface area (Å²) < 4.78 is 0. The maximum atomic E-state index is 13.7. The van der Waals surface area contributed by atoms with Gasteiger partial charge in [0, 0.05) is 24.8 Å². The summed E-state index contributed by atoms with van der Waals surface area (Å²) >= 11 is 0. The Bertz CT molecular complexity index is 1480. The van der Waals surface area contributed by atoms with Gasteiger partial charge in [-0.25, -0.2) is 0 Å². The highest BCUT2D eigenvalue weighted by atomic mass is 16.3. The molecule has 3 aliphatic rings. The molecule has 0 spiro atoms. The average molecular weight is 532 g/mol. The molecule has 202 valence electrons. The maximum absolute atomic E-state index is 13.7. The third-order valence-corrected chi connectivity index (χ3v) is 7.96. The lowest BCUT2D eigenvalue weighted by Crippen LogP contribution is -2.43. The Hall–Kier alpha value is -4.24. The number of aliphatic hydroxyl groups is 3. The second-order valence-corrected chi connectivity index (χ2v) is 10.7. The Morgan fingerprint density at radius 2 is 1.72 bits per heavy atom. The van der Waals surface area contributed by atoms with E-state index >= 15 is 0 Å². The minimum atomic E-state index is -1.16. The number of carbonyl (C=O) groups is 4. The van der Waals surface area contributed by atoms with Crippen LogP contribution in [0.1, 0.15) is 47.7 Å². The van der Waals surface area contributed by atoms with E-state index in [1.807, 2.05) is 12.1 Å². The number of amides is 1. The number of aliphatic hydroxyl groups excluding tert-OH is 3. The van der Waals surface area contributed by atoms with E-state index in [2.05, 4.69) is 0 Å². The molecule has 2 aromatic rings. The number of carbonyl (C=O) groups excluding carboxylic acids is 4. The van der Waals surface area contributed by atoms with E-state index in [4.69, 9.17) is 5.73 Å². The molecule has 3 aliphatic carbocycles. The van der Waals surface area contributed by atoms with E-state index in [-0.39, 0.29) is 41.9 Å². The first kappa shape index (κ1) is 26.4. The fourth-order valence-electron chi connectivity index (χ4n) is 6.34. The molecule has 5 rings (SSSR count). The standard InChI is InChI=1S/C30H29NO8/c1-13(32)8-18(33)9-14-2-4-15(5-3-14)19-6-7-21(34)25-20(19)11-16-10-17-12-22(35)26(30(31)39)29(38)24(17)27(36)23(16)28(25)37/h2-7,13,16-17,24,32,34-36H,8-12H2,1H3,(H2,31,39). The summed E-state index contributed by atoms with van der Waals surface area (Å²) in [6.07, 6.45) is 0.158. The Balaban J connectivity index is 1.51. The normalized spacial score (nSPS) is 23.2. The molecule has 2 aromatic carbocycles. The average Bonchev–Trinajstić information content (AvgIpc) is 2.83. The van der Waals surface area contributed by atoms with Crippen molar-refractivity contribution in [3.05, 3.63) is 75.8 Å². The lowest BCUT2D eigenvalue weighted by Gasteiger charge is -2.41. The number of phenolic OH excluding ortho intramolecular Hbond substituents is 1. The summed E-state index contributed by atoms with van der Waals surface area (Å²) in [5.74, 6) is -5.76. The van der Waals surface area contributed by atoms with Crippen LogP contribution >= 0.6 is 0 Å². The Morgan fingerprint density at radius 3 is 2.36 bits per heavy atom. The highest BCUT2D eigenvalue weighted by molar-refractivity contribution is 6.22. The number of phenols is 1. The molecular formula is C30H29NO8. The number of aromatic hydroxyl groups is 1. The van der Waals surface area contributed by atoms with Gasteiger partial charge >= 0.3 is 0 Å². The van der Waals surface area contributed by atoms with Crippen molar-refractivity contribution < 1.29 is 39.6 Å². The van der Waals surface area contributed by atoms with E-state index < -0.39 is 58.4 Å². The lowest BCUT2D eigenvalue weighted by molar-refractivity contribution is -0.126. The van der Waals surface area contributed by atoms with Crippen LogP contribution in [0.5, 0.6) is 5.75 Å². The number of fused-ring (bicyclic) bond motifs is 3. The van der Waals surface area contributed by atoms with Crippen molar-refractivity contribution in [2.24, 2.45) is 23.5 Å². The highest BCUT2D eigenvalue weighted by Crippen LogP contribution is 2.50. The molecule has 0 saturated heterocycles. The first-order chi connectivity index (χ1) is 18.5. The zero-order chi connectivity index (χ0) is 28.2. The van der Waals surface area contributed by atoms with Crippen molar-refractivity contribution in [1.82, 2.24) is 0 Å². The van der Waals surface area contributed by atoms with Gasteiger partial charge < -0.3 is 26.2 Å². The zero-order valence-corrected chi connectivity index (χ0v) is 21.3. The van der Waals surface area contributed by atoms with Gasteiger partial charge in [0.15, 0.2) is 11.6 Å². The number of hydrogen-bond donors (Lipinski definition) is 5. The molecule has 0 bridgehead atoms. The van der Waals surface area contributed by atoms with E-state index in [9.17, 15) is 39.6 Å². The molecule has 9 nitrogen and oxygen atoms in total. The molecule has 4 unspecified atom stereocenters. The fraction of sp³-hybridized carbons (Fsp3) is 0.333. The quantitative estimate of drug-likeness (QED) is 0.353. The molecular weight excluding hydrogens is 502 g/mol. The van der Waals surface area contributed by atoms with Crippen molar-refractivity contribution >= 4 is 23.3 Å². The minimum Gasteiger partial charge on any atom is -0.511 e. The van der Waals surface area contributed by atoms with Gasteiger partial charge in [-0.1, -0.05) is 30.3 Å². The molecule has 6 N–H and O–H groups in total. The Morgan fingerprint density at radius 1 is 1.03 bits per heavy atom. The molecule has 9 heteroatoms. The van der Waals surface area contributed by atoms with Gasteiger partial charge in [0.2, 0.25) is 0 Å². The van der Waals surface area contributed by atoms with Crippen LogP contribution in [0.15, 0.2) is 59.1 Å². The monoisotopic (exact) mass is 531 g/mol. The van der Waals surface area contributed by atoms with Gasteiger partial charge in [-0.2, -0.15) is 0 Å².